The van der Waals surface area contributed by atoms with Crippen molar-refractivity contribution in [2.24, 2.45) is 0 Å². The molecule has 1 amide bonds. The summed E-state index contributed by atoms with van der Waals surface area (Å²) in [5.41, 5.74) is 2.64. The highest BCUT2D eigenvalue weighted by molar-refractivity contribution is 9.10. The molecule has 2 heterocycles. The van der Waals surface area contributed by atoms with Crippen LogP contribution in [-0.2, 0) is 4.79 Å². The molecule has 0 N–H and O–H groups in total. The van der Waals surface area contributed by atoms with Crippen molar-refractivity contribution in [3.63, 3.8) is 0 Å². The van der Waals surface area contributed by atoms with Crippen LogP contribution in [-0.4, -0.2) is 31.9 Å². The van der Waals surface area contributed by atoms with Crippen molar-refractivity contribution in [3.05, 3.63) is 77.3 Å². The van der Waals surface area contributed by atoms with E-state index >= 15 is 0 Å². The van der Waals surface area contributed by atoms with Crippen LogP contribution in [0.1, 0.15) is 0 Å². The summed E-state index contributed by atoms with van der Waals surface area (Å²) in [7, 11) is 0. The number of hydrogen-bond acceptors (Lipinski definition) is 6. The van der Waals surface area contributed by atoms with Gasteiger partial charge in [0.15, 0.2) is 0 Å². The Bertz CT molecular complexity index is 1180. The maximum absolute atomic E-state index is 13.3. The number of anilines is 2. The third-order valence-electron chi connectivity index (χ3n) is 4.52. The van der Waals surface area contributed by atoms with E-state index in [0.717, 1.165) is 31.3 Å². The SMILES string of the molecule is O=C(CSc1nnnn1-c1ccc(Br)cc1)N1c2ccccc2Sc2ccccc21. The molecule has 0 saturated carbocycles. The van der Waals surface area contributed by atoms with Gasteiger partial charge in [0, 0.05) is 14.3 Å². The highest BCUT2D eigenvalue weighted by Crippen LogP contribution is 2.48. The van der Waals surface area contributed by atoms with Gasteiger partial charge in [-0.15, -0.1) is 5.10 Å². The van der Waals surface area contributed by atoms with Crippen molar-refractivity contribution < 1.29 is 4.79 Å². The van der Waals surface area contributed by atoms with E-state index in [0.29, 0.717) is 5.16 Å². The number of amides is 1. The zero-order chi connectivity index (χ0) is 20.5. The number of nitrogens with zero attached hydrogens (tertiary/aromatic N) is 5. The van der Waals surface area contributed by atoms with Gasteiger partial charge in [0.2, 0.25) is 11.1 Å². The zero-order valence-corrected chi connectivity index (χ0v) is 18.7. The van der Waals surface area contributed by atoms with Gasteiger partial charge in [-0.25, -0.2) is 0 Å². The van der Waals surface area contributed by atoms with E-state index < -0.39 is 0 Å². The Labute approximate surface area is 189 Å². The Morgan fingerprint density at radius 3 is 2.23 bits per heavy atom. The quantitative estimate of drug-likeness (QED) is 0.355. The Morgan fingerprint density at radius 2 is 1.57 bits per heavy atom. The highest BCUT2D eigenvalue weighted by atomic mass is 79.9. The molecule has 0 fully saturated rings. The maximum atomic E-state index is 13.3. The fourth-order valence-electron chi connectivity index (χ4n) is 3.18. The Hall–Kier alpha value is -2.62. The fraction of sp³-hybridized carbons (Fsp3) is 0.0476. The van der Waals surface area contributed by atoms with Crippen LogP contribution < -0.4 is 4.90 Å². The van der Waals surface area contributed by atoms with E-state index in [4.69, 9.17) is 0 Å². The van der Waals surface area contributed by atoms with Gasteiger partial charge in [-0.3, -0.25) is 9.69 Å². The molecule has 0 unspecified atom stereocenters. The van der Waals surface area contributed by atoms with Gasteiger partial charge in [-0.2, -0.15) is 4.68 Å². The first-order valence-electron chi connectivity index (χ1n) is 9.07. The van der Waals surface area contributed by atoms with E-state index in [-0.39, 0.29) is 11.7 Å². The lowest BCUT2D eigenvalue weighted by Gasteiger charge is -2.30. The summed E-state index contributed by atoms with van der Waals surface area (Å²) in [5.74, 6) is 0.190. The molecule has 1 aromatic heterocycles. The monoisotopic (exact) mass is 495 g/mol. The van der Waals surface area contributed by atoms with Crippen molar-refractivity contribution in [1.82, 2.24) is 20.2 Å². The number of carbonyl (C=O) groups excluding carboxylic acids is 1. The Balaban J connectivity index is 1.41. The molecule has 9 heteroatoms. The molecule has 4 aromatic rings. The Morgan fingerprint density at radius 1 is 0.933 bits per heavy atom. The van der Waals surface area contributed by atoms with Gasteiger partial charge in [-0.1, -0.05) is 63.7 Å². The molecule has 148 valence electrons. The summed E-state index contributed by atoms with van der Waals surface area (Å²) in [4.78, 5) is 17.2. The summed E-state index contributed by atoms with van der Waals surface area (Å²) in [6.45, 7) is 0. The second-order valence-electron chi connectivity index (χ2n) is 6.41. The number of tetrazole rings is 1. The van der Waals surface area contributed by atoms with Gasteiger partial charge in [0.1, 0.15) is 0 Å². The van der Waals surface area contributed by atoms with Crippen LogP contribution >= 0.6 is 39.5 Å². The molecule has 0 saturated heterocycles. The van der Waals surface area contributed by atoms with Crippen LogP contribution in [0.3, 0.4) is 0 Å². The first-order chi connectivity index (χ1) is 14.7. The number of rotatable bonds is 4. The molecule has 0 aliphatic carbocycles. The van der Waals surface area contributed by atoms with Gasteiger partial charge < -0.3 is 0 Å². The predicted molar refractivity (Wildman–Crippen MR) is 122 cm³/mol. The zero-order valence-electron chi connectivity index (χ0n) is 15.5. The van der Waals surface area contributed by atoms with Crippen LogP contribution in [0, 0.1) is 0 Å². The van der Waals surface area contributed by atoms with E-state index in [2.05, 4.69) is 31.5 Å². The minimum Gasteiger partial charge on any atom is -0.278 e. The number of carbonyl (C=O) groups is 1. The number of hydrogen-bond donors (Lipinski definition) is 0. The first-order valence-corrected chi connectivity index (χ1v) is 11.7. The second-order valence-corrected chi connectivity index (χ2v) is 9.35. The molecular weight excluding hydrogens is 482 g/mol. The van der Waals surface area contributed by atoms with Crippen LogP contribution in [0.4, 0.5) is 11.4 Å². The lowest BCUT2D eigenvalue weighted by Crippen LogP contribution is -2.30. The minimum absolute atomic E-state index is 0.0226. The first kappa shape index (κ1) is 19.3. The number of fused-ring (bicyclic) bond motifs is 2. The van der Waals surface area contributed by atoms with Crippen molar-refractivity contribution in [2.75, 3.05) is 10.7 Å². The molecule has 1 aliphatic heterocycles. The molecule has 0 bridgehead atoms. The van der Waals surface area contributed by atoms with Gasteiger partial charge in [0.25, 0.3) is 0 Å². The van der Waals surface area contributed by atoms with Gasteiger partial charge in [0.05, 0.1) is 22.8 Å². The van der Waals surface area contributed by atoms with E-state index in [9.17, 15) is 4.79 Å². The molecule has 0 radical (unpaired) electrons. The van der Waals surface area contributed by atoms with Gasteiger partial charge in [-0.05, 0) is 59.0 Å². The number of para-hydroxylation sites is 2. The molecular formula is C21H14BrN5OS2. The smallest absolute Gasteiger partial charge is 0.242 e. The van der Waals surface area contributed by atoms with Crippen molar-refractivity contribution >= 4 is 56.7 Å². The van der Waals surface area contributed by atoms with Crippen LogP contribution in [0.5, 0.6) is 0 Å². The summed E-state index contributed by atoms with van der Waals surface area (Å²) >= 11 is 6.43. The molecule has 0 spiro atoms. The molecule has 3 aromatic carbocycles. The lowest BCUT2D eigenvalue weighted by molar-refractivity contribution is -0.115. The van der Waals surface area contributed by atoms with Crippen LogP contribution in [0.25, 0.3) is 5.69 Å². The van der Waals surface area contributed by atoms with Gasteiger partial charge >= 0.3 is 0 Å². The maximum Gasteiger partial charge on any atom is 0.242 e. The van der Waals surface area contributed by atoms with Crippen LogP contribution in [0.2, 0.25) is 0 Å². The minimum atomic E-state index is -0.0226. The van der Waals surface area contributed by atoms with E-state index in [1.54, 1.807) is 21.3 Å². The highest BCUT2D eigenvalue weighted by Gasteiger charge is 2.28. The number of halogens is 1. The second kappa shape index (κ2) is 8.25. The average molecular weight is 496 g/mol. The van der Waals surface area contributed by atoms with E-state index in [1.165, 1.54) is 11.8 Å². The molecule has 0 atom stereocenters. The predicted octanol–water partition coefficient (Wildman–Crippen LogP) is 5.35. The van der Waals surface area contributed by atoms with Crippen molar-refractivity contribution in [3.8, 4) is 5.69 Å². The summed E-state index contributed by atoms with van der Waals surface area (Å²) < 4.78 is 2.61. The average Bonchev–Trinajstić information content (AvgIpc) is 3.25. The number of aromatic nitrogens is 4. The lowest BCUT2D eigenvalue weighted by atomic mass is 10.2. The molecule has 6 nitrogen and oxygen atoms in total. The third kappa shape index (κ3) is 3.64. The largest absolute Gasteiger partial charge is 0.278 e. The summed E-state index contributed by atoms with van der Waals surface area (Å²) in [6.07, 6.45) is 0. The number of thioether (sulfide) groups is 1. The molecule has 5 rings (SSSR count). The van der Waals surface area contributed by atoms with Crippen molar-refractivity contribution in [1.29, 1.82) is 0 Å². The van der Waals surface area contributed by atoms with Crippen molar-refractivity contribution in [2.45, 2.75) is 14.9 Å². The fourth-order valence-corrected chi connectivity index (χ4v) is 5.24. The third-order valence-corrected chi connectivity index (χ3v) is 7.08. The topological polar surface area (TPSA) is 63.9 Å². The molecule has 1 aliphatic rings. The summed E-state index contributed by atoms with van der Waals surface area (Å²) in [6, 6.07) is 23.6. The standard InChI is InChI=1S/C21H14BrN5OS2/c22-14-9-11-15(12-10-14)27-21(23-24-25-27)29-13-20(28)26-16-5-1-3-7-18(16)30-19-8-4-2-6-17(19)26/h1-12H,13H2. The summed E-state index contributed by atoms with van der Waals surface area (Å²) in [5, 5.41) is 12.5. The Kier molecular flexibility index (Phi) is 5.32. The normalized spacial score (nSPS) is 12.4. The van der Waals surface area contributed by atoms with E-state index in [1.807, 2.05) is 72.8 Å². The van der Waals surface area contributed by atoms with Crippen LogP contribution in [0.15, 0.2) is 92.2 Å². The molecule has 30 heavy (non-hydrogen) atoms. The number of benzene rings is 3.